The predicted octanol–water partition coefficient (Wildman–Crippen LogP) is 4.13. The van der Waals surface area contributed by atoms with E-state index in [1.807, 2.05) is 60.7 Å². The lowest BCUT2D eigenvalue weighted by molar-refractivity contribution is 0.262. The van der Waals surface area contributed by atoms with E-state index in [1.165, 1.54) is 0 Å². The Hall–Kier alpha value is -3.58. The van der Waals surface area contributed by atoms with Gasteiger partial charge in [-0.15, -0.1) is 0 Å². The van der Waals surface area contributed by atoms with Gasteiger partial charge in [0.2, 0.25) is 0 Å². The summed E-state index contributed by atoms with van der Waals surface area (Å²) >= 11 is 0. The number of amides is 2. The fourth-order valence-electron chi connectivity index (χ4n) is 2.06. The minimum absolute atomic E-state index is 0.323. The summed E-state index contributed by atoms with van der Waals surface area (Å²) in [7, 11) is 0. The number of nitrogens with one attached hydrogen (secondary N) is 2. The van der Waals surface area contributed by atoms with Gasteiger partial charge in [-0.25, -0.2) is 4.79 Å². The van der Waals surface area contributed by atoms with Crippen molar-refractivity contribution in [1.82, 2.24) is 4.98 Å². The van der Waals surface area contributed by atoms with Gasteiger partial charge >= 0.3 is 6.03 Å². The van der Waals surface area contributed by atoms with Crippen LogP contribution < -0.4 is 10.6 Å². The van der Waals surface area contributed by atoms with Crippen molar-refractivity contribution in [2.45, 2.75) is 0 Å². The number of benzene rings is 2. The molecule has 1 aromatic heterocycles. The molecule has 1 heterocycles. The van der Waals surface area contributed by atoms with E-state index in [4.69, 9.17) is 0 Å². The summed E-state index contributed by atoms with van der Waals surface area (Å²) in [4.78, 5) is 16.1. The number of carbonyl (C=O) groups excluding carboxylic acids is 1. The summed E-state index contributed by atoms with van der Waals surface area (Å²) in [5.74, 6) is 6.10. The number of pyridine rings is 1. The summed E-state index contributed by atoms with van der Waals surface area (Å²) < 4.78 is 0. The molecule has 0 saturated carbocycles. The van der Waals surface area contributed by atoms with Gasteiger partial charge in [-0.1, -0.05) is 48.2 Å². The Morgan fingerprint density at radius 3 is 2.12 bits per heavy atom. The van der Waals surface area contributed by atoms with Crippen LogP contribution in [0.15, 0.2) is 79.1 Å². The van der Waals surface area contributed by atoms with Crippen LogP contribution >= 0.6 is 0 Å². The quantitative estimate of drug-likeness (QED) is 0.699. The molecule has 0 atom stereocenters. The third-order valence-electron chi connectivity index (χ3n) is 3.15. The van der Waals surface area contributed by atoms with E-state index in [9.17, 15) is 4.79 Å². The molecular formula is C20H15N3O. The maximum Gasteiger partial charge on any atom is 0.323 e. The van der Waals surface area contributed by atoms with Gasteiger partial charge in [-0.3, -0.25) is 4.98 Å². The Balaban J connectivity index is 1.67. The smallest absolute Gasteiger partial charge is 0.308 e. The van der Waals surface area contributed by atoms with Crippen molar-refractivity contribution in [1.29, 1.82) is 0 Å². The highest BCUT2D eigenvalue weighted by molar-refractivity contribution is 5.99. The van der Waals surface area contributed by atoms with E-state index in [2.05, 4.69) is 27.5 Å². The molecule has 2 N–H and O–H groups in total. The van der Waals surface area contributed by atoms with Crippen molar-refractivity contribution in [2.24, 2.45) is 0 Å². The van der Waals surface area contributed by atoms with Gasteiger partial charge in [0, 0.05) is 23.0 Å². The Kier molecular flexibility index (Phi) is 4.86. The molecule has 3 aromatic rings. The molecule has 0 bridgehead atoms. The zero-order valence-corrected chi connectivity index (χ0v) is 12.9. The zero-order chi connectivity index (χ0) is 16.6. The molecule has 3 rings (SSSR count). The molecule has 0 aliphatic carbocycles. The number of aromatic nitrogens is 1. The predicted molar refractivity (Wildman–Crippen MR) is 95.7 cm³/mol. The molecule has 4 heteroatoms. The van der Waals surface area contributed by atoms with Crippen LogP contribution in [0.4, 0.5) is 16.2 Å². The summed E-state index contributed by atoms with van der Waals surface area (Å²) in [6.45, 7) is 0. The van der Waals surface area contributed by atoms with Crippen LogP contribution in [-0.4, -0.2) is 11.0 Å². The van der Waals surface area contributed by atoms with Gasteiger partial charge in [0.15, 0.2) is 0 Å². The summed E-state index contributed by atoms with van der Waals surface area (Å²) in [6, 6.07) is 20.4. The lowest BCUT2D eigenvalue weighted by Gasteiger charge is -2.07. The SMILES string of the molecule is O=C(Nc1ccccc1)Nc1cncc(C#Cc2ccccc2)c1. The number of carbonyl (C=O) groups is 1. The van der Waals surface area contributed by atoms with E-state index in [-0.39, 0.29) is 6.03 Å². The van der Waals surface area contributed by atoms with Gasteiger partial charge in [0.1, 0.15) is 0 Å². The average molecular weight is 313 g/mol. The Bertz CT molecular complexity index is 881. The first-order chi connectivity index (χ1) is 11.8. The summed E-state index contributed by atoms with van der Waals surface area (Å²) in [5.41, 5.74) is 2.97. The highest BCUT2D eigenvalue weighted by Gasteiger charge is 2.03. The summed E-state index contributed by atoms with van der Waals surface area (Å²) in [6.07, 6.45) is 3.24. The van der Waals surface area contributed by atoms with Gasteiger partial charge in [0.05, 0.1) is 11.9 Å². The molecule has 116 valence electrons. The average Bonchev–Trinajstić information content (AvgIpc) is 2.62. The molecule has 0 radical (unpaired) electrons. The second kappa shape index (κ2) is 7.61. The minimum Gasteiger partial charge on any atom is -0.308 e. The molecule has 4 nitrogen and oxygen atoms in total. The van der Waals surface area contributed by atoms with E-state index >= 15 is 0 Å². The van der Waals surface area contributed by atoms with Crippen LogP contribution in [0.3, 0.4) is 0 Å². The first-order valence-electron chi connectivity index (χ1n) is 7.45. The summed E-state index contributed by atoms with van der Waals surface area (Å²) in [5, 5.41) is 5.50. The van der Waals surface area contributed by atoms with E-state index in [0.717, 1.165) is 16.8 Å². The van der Waals surface area contributed by atoms with Crippen LogP contribution in [0.2, 0.25) is 0 Å². The molecule has 0 saturated heterocycles. The fraction of sp³-hybridized carbons (Fsp3) is 0. The van der Waals surface area contributed by atoms with Crippen LogP contribution in [-0.2, 0) is 0 Å². The highest BCUT2D eigenvalue weighted by Crippen LogP contribution is 2.10. The Morgan fingerprint density at radius 2 is 1.38 bits per heavy atom. The van der Waals surface area contributed by atoms with Crippen molar-refractivity contribution >= 4 is 17.4 Å². The number of hydrogen-bond acceptors (Lipinski definition) is 2. The number of rotatable bonds is 2. The van der Waals surface area contributed by atoms with Crippen LogP contribution in [0.5, 0.6) is 0 Å². The first kappa shape index (κ1) is 15.3. The standard InChI is InChI=1S/C20H15N3O/c24-20(22-18-9-5-2-6-10-18)23-19-13-17(14-21-15-19)12-11-16-7-3-1-4-8-16/h1-10,13-15H,(H2,22,23,24). The molecule has 0 aliphatic rings. The van der Waals surface area contributed by atoms with Crippen LogP contribution in [0.1, 0.15) is 11.1 Å². The lowest BCUT2D eigenvalue weighted by Crippen LogP contribution is -2.19. The maximum absolute atomic E-state index is 12.0. The lowest BCUT2D eigenvalue weighted by atomic mass is 10.2. The maximum atomic E-state index is 12.0. The number of nitrogens with zero attached hydrogens (tertiary/aromatic N) is 1. The molecule has 2 amide bonds. The highest BCUT2D eigenvalue weighted by atomic mass is 16.2. The number of hydrogen-bond donors (Lipinski definition) is 2. The van der Waals surface area contributed by atoms with E-state index in [1.54, 1.807) is 18.5 Å². The number of urea groups is 1. The second-order valence-electron chi connectivity index (χ2n) is 5.02. The Morgan fingerprint density at radius 1 is 0.750 bits per heavy atom. The zero-order valence-electron chi connectivity index (χ0n) is 12.9. The van der Waals surface area contributed by atoms with Crippen molar-refractivity contribution in [2.75, 3.05) is 10.6 Å². The third-order valence-corrected chi connectivity index (χ3v) is 3.15. The monoisotopic (exact) mass is 313 g/mol. The topological polar surface area (TPSA) is 54.0 Å². The van der Waals surface area contributed by atoms with Gasteiger partial charge in [0.25, 0.3) is 0 Å². The minimum atomic E-state index is -0.323. The molecule has 0 spiro atoms. The van der Waals surface area contributed by atoms with Crippen molar-refractivity contribution in [3.05, 3.63) is 90.3 Å². The molecule has 0 fully saturated rings. The second-order valence-corrected chi connectivity index (χ2v) is 5.02. The molecule has 2 aromatic carbocycles. The van der Waals surface area contributed by atoms with E-state index < -0.39 is 0 Å². The van der Waals surface area contributed by atoms with Crippen molar-refractivity contribution in [3.63, 3.8) is 0 Å². The van der Waals surface area contributed by atoms with Gasteiger partial charge in [-0.05, 0) is 30.3 Å². The van der Waals surface area contributed by atoms with E-state index in [0.29, 0.717) is 5.69 Å². The normalized spacial score (nSPS) is 9.50. The first-order valence-corrected chi connectivity index (χ1v) is 7.45. The largest absolute Gasteiger partial charge is 0.323 e. The van der Waals surface area contributed by atoms with Crippen molar-refractivity contribution < 1.29 is 4.79 Å². The molecule has 24 heavy (non-hydrogen) atoms. The van der Waals surface area contributed by atoms with Crippen LogP contribution in [0.25, 0.3) is 0 Å². The fourth-order valence-corrected chi connectivity index (χ4v) is 2.06. The molecular weight excluding hydrogens is 298 g/mol. The molecule has 0 unspecified atom stereocenters. The van der Waals surface area contributed by atoms with Crippen molar-refractivity contribution in [3.8, 4) is 11.8 Å². The Labute approximate surface area is 140 Å². The number of para-hydroxylation sites is 1. The van der Waals surface area contributed by atoms with Crippen LogP contribution in [0, 0.1) is 11.8 Å². The van der Waals surface area contributed by atoms with Gasteiger partial charge in [-0.2, -0.15) is 0 Å². The number of anilines is 2. The molecule has 0 aliphatic heterocycles. The van der Waals surface area contributed by atoms with Gasteiger partial charge < -0.3 is 10.6 Å². The third kappa shape index (κ3) is 4.46.